The zero-order valence-corrected chi connectivity index (χ0v) is 19.8. The van der Waals surface area contributed by atoms with Gasteiger partial charge in [-0.2, -0.15) is 0 Å². The van der Waals surface area contributed by atoms with Gasteiger partial charge >= 0.3 is 6.03 Å². The molecule has 1 saturated heterocycles. The first-order valence-corrected chi connectivity index (χ1v) is 12.1. The number of likely N-dealkylation sites (N-methyl/N-ethyl adjacent to an activating group) is 1. The summed E-state index contributed by atoms with van der Waals surface area (Å²) >= 11 is 13.6. The standard InChI is InChI=1S/C22H23Cl2N5O2S/c1-28-6-8-29(9-7-28)22(31)27-18-13-5-3-2-4-12(13)10-14(18)26-21(30)15-11-16-19(25-15)17(23)20(24)32-16/h2-5,11,14,18,25H,6-10H2,1H3,(H,26,30)(H,27,31)/t14-,18-/m0/s1. The van der Waals surface area contributed by atoms with Gasteiger partial charge in [0, 0.05) is 26.2 Å². The van der Waals surface area contributed by atoms with E-state index in [1.807, 2.05) is 29.2 Å². The number of aromatic amines is 1. The summed E-state index contributed by atoms with van der Waals surface area (Å²) in [4.78, 5) is 33.1. The van der Waals surface area contributed by atoms with Gasteiger partial charge in [0.25, 0.3) is 5.91 Å². The number of hydrogen-bond donors (Lipinski definition) is 3. The second kappa shape index (κ2) is 8.59. The van der Waals surface area contributed by atoms with Crippen LogP contribution in [0.5, 0.6) is 0 Å². The maximum Gasteiger partial charge on any atom is 0.318 e. The van der Waals surface area contributed by atoms with Crippen LogP contribution in [0.2, 0.25) is 9.36 Å². The largest absolute Gasteiger partial charge is 0.349 e. The number of H-pyrrole nitrogens is 1. The van der Waals surface area contributed by atoms with E-state index in [1.54, 1.807) is 6.07 Å². The van der Waals surface area contributed by atoms with Gasteiger partial charge in [-0.05, 0) is 30.7 Å². The molecule has 0 unspecified atom stereocenters. The molecule has 3 aromatic rings. The first kappa shape index (κ1) is 21.6. The van der Waals surface area contributed by atoms with E-state index in [0.717, 1.165) is 28.9 Å². The smallest absolute Gasteiger partial charge is 0.318 e. The number of amides is 3. The fourth-order valence-corrected chi connectivity index (χ4v) is 5.91. The second-order valence-corrected chi connectivity index (χ2v) is 10.3. The van der Waals surface area contributed by atoms with Crippen molar-refractivity contribution in [3.05, 3.63) is 56.5 Å². The molecule has 0 saturated carbocycles. The molecule has 1 aliphatic carbocycles. The fourth-order valence-electron chi connectivity index (χ4n) is 4.43. The number of rotatable bonds is 3. The Hall–Kier alpha value is -2.26. The van der Waals surface area contributed by atoms with E-state index in [-0.39, 0.29) is 24.0 Å². The molecule has 1 aromatic carbocycles. The molecule has 0 radical (unpaired) electrons. The van der Waals surface area contributed by atoms with Crippen LogP contribution in [-0.2, 0) is 6.42 Å². The molecule has 0 bridgehead atoms. The van der Waals surface area contributed by atoms with Crippen molar-refractivity contribution in [1.82, 2.24) is 25.4 Å². The highest BCUT2D eigenvalue weighted by Gasteiger charge is 2.36. The average molecular weight is 492 g/mol. The van der Waals surface area contributed by atoms with E-state index < -0.39 is 0 Å². The van der Waals surface area contributed by atoms with Crippen LogP contribution in [0.4, 0.5) is 4.79 Å². The normalized spacial score (nSPS) is 21.0. The van der Waals surface area contributed by atoms with Gasteiger partial charge in [0.15, 0.2) is 0 Å². The topological polar surface area (TPSA) is 80.5 Å². The van der Waals surface area contributed by atoms with Crippen molar-refractivity contribution in [2.45, 2.75) is 18.5 Å². The third-order valence-corrected chi connectivity index (χ3v) is 8.17. The molecule has 2 aliphatic rings. The zero-order chi connectivity index (χ0) is 22.4. The predicted molar refractivity (Wildman–Crippen MR) is 128 cm³/mol. The molecule has 0 spiro atoms. The van der Waals surface area contributed by atoms with Crippen LogP contribution >= 0.6 is 34.5 Å². The number of urea groups is 1. The number of nitrogens with zero attached hydrogens (tertiary/aromatic N) is 2. The van der Waals surface area contributed by atoms with Crippen molar-refractivity contribution < 1.29 is 9.59 Å². The van der Waals surface area contributed by atoms with Crippen LogP contribution < -0.4 is 10.6 Å². The van der Waals surface area contributed by atoms with Crippen LogP contribution in [0.3, 0.4) is 0 Å². The molecule has 2 aromatic heterocycles. The lowest BCUT2D eigenvalue weighted by atomic mass is 10.1. The van der Waals surface area contributed by atoms with E-state index in [2.05, 4.69) is 27.6 Å². The summed E-state index contributed by atoms with van der Waals surface area (Å²) in [5.74, 6) is -0.239. The average Bonchev–Trinajstić information content (AvgIpc) is 3.42. The number of thiophene rings is 1. The van der Waals surface area contributed by atoms with Gasteiger partial charge in [0.1, 0.15) is 10.0 Å². The lowest BCUT2D eigenvalue weighted by molar-refractivity contribution is 0.0923. The summed E-state index contributed by atoms with van der Waals surface area (Å²) in [7, 11) is 2.06. The Morgan fingerprint density at radius 3 is 2.62 bits per heavy atom. The van der Waals surface area contributed by atoms with Gasteiger partial charge in [0.05, 0.1) is 27.3 Å². The van der Waals surface area contributed by atoms with Crippen LogP contribution in [-0.4, -0.2) is 66.0 Å². The molecule has 3 amide bonds. The maximum absolute atomic E-state index is 13.0. The Morgan fingerprint density at radius 1 is 1.12 bits per heavy atom. The monoisotopic (exact) mass is 491 g/mol. The van der Waals surface area contributed by atoms with E-state index in [1.165, 1.54) is 11.3 Å². The van der Waals surface area contributed by atoms with E-state index >= 15 is 0 Å². The van der Waals surface area contributed by atoms with E-state index in [4.69, 9.17) is 23.2 Å². The Bertz CT molecular complexity index is 1180. The molecule has 10 heteroatoms. The minimum absolute atomic E-state index is 0.0964. The van der Waals surface area contributed by atoms with Crippen molar-refractivity contribution in [1.29, 1.82) is 0 Å². The summed E-state index contributed by atoms with van der Waals surface area (Å²) in [6.07, 6.45) is 0.650. The minimum atomic E-state index is -0.295. The lowest BCUT2D eigenvalue weighted by Crippen LogP contribution is -2.53. The summed E-state index contributed by atoms with van der Waals surface area (Å²) in [5.41, 5.74) is 3.26. The van der Waals surface area contributed by atoms with Crippen molar-refractivity contribution >= 4 is 56.7 Å². The van der Waals surface area contributed by atoms with Crippen LogP contribution in [0, 0.1) is 0 Å². The van der Waals surface area contributed by atoms with Gasteiger partial charge in [-0.25, -0.2) is 4.79 Å². The second-order valence-electron chi connectivity index (χ2n) is 8.31. The number of piperazine rings is 1. The predicted octanol–water partition coefficient (Wildman–Crippen LogP) is 3.89. The summed E-state index contributed by atoms with van der Waals surface area (Å²) in [6, 6.07) is 9.11. The lowest BCUT2D eigenvalue weighted by Gasteiger charge is -2.34. The number of nitrogens with one attached hydrogen (secondary N) is 3. The summed E-state index contributed by atoms with van der Waals surface area (Å²) < 4.78 is 1.33. The SMILES string of the molecule is CN1CCN(C(=O)N[C@H]2c3ccccc3C[C@@H]2NC(=O)c2cc3sc(Cl)c(Cl)c3[nH]2)CC1. The highest BCUT2D eigenvalue weighted by molar-refractivity contribution is 7.23. The summed E-state index contributed by atoms with van der Waals surface area (Å²) in [6.45, 7) is 3.09. The number of halogens is 2. The number of hydrogen-bond acceptors (Lipinski definition) is 4. The van der Waals surface area contributed by atoms with Gasteiger partial charge < -0.3 is 25.4 Å². The maximum atomic E-state index is 13.0. The number of aromatic nitrogens is 1. The Kier molecular flexibility index (Phi) is 5.79. The Morgan fingerprint density at radius 2 is 1.88 bits per heavy atom. The first-order chi connectivity index (χ1) is 15.4. The minimum Gasteiger partial charge on any atom is -0.349 e. The number of benzene rings is 1. The van der Waals surface area contributed by atoms with E-state index in [0.29, 0.717) is 40.1 Å². The molecule has 1 aliphatic heterocycles. The highest BCUT2D eigenvalue weighted by Crippen LogP contribution is 2.39. The highest BCUT2D eigenvalue weighted by atomic mass is 35.5. The van der Waals surface area contributed by atoms with Crippen LogP contribution in [0.25, 0.3) is 10.2 Å². The van der Waals surface area contributed by atoms with Gasteiger partial charge in [-0.1, -0.05) is 47.5 Å². The molecule has 5 rings (SSSR count). The molecule has 3 heterocycles. The number of carbonyl (C=O) groups excluding carboxylic acids is 2. The first-order valence-electron chi connectivity index (χ1n) is 10.5. The summed E-state index contributed by atoms with van der Waals surface area (Å²) in [5, 5.41) is 6.71. The Balaban J connectivity index is 1.34. The van der Waals surface area contributed by atoms with Gasteiger partial charge in [-0.3, -0.25) is 4.79 Å². The molecule has 168 valence electrons. The molecular weight excluding hydrogens is 469 g/mol. The quantitative estimate of drug-likeness (QED) is 0.519. The number of carbonyl (C=O) groups is 2. The van der Waals surface area contributed by atoms with E-state index in [9.17, 15) is 9.59 Å². The van der Waals surface area contributed by atoms with Crippen molar-refractivity contribution in [3.63, 3.8) is 0 Å². The van der Waals surface area contributed by atoms with Crippen molar-refractivity contribution in [2.75, 3.05) is 33.2 Å². The fraction of sp³-hybridized carbons (Fsp3) is 0.364. The molecule has 3 N–H and O–H groups in total. The van der Waals surface area contributed by atoms with Gasteiger partial charge in [0.2, 0.25) is 0 Å². The van der Waals surface area contributed by atoms with Gasteiger partial charge in [-0.15, -0.1) is 11.3 Å². The van der Waals surface area contributed by atoms with Crippen molar-refractivity contribution in [2.24, 2.45) is 0 Å². The number of fused-ring (bicyclic) bond motifs is 2. The molecular formula is C22H23Cl2N5O2S. The molecule has 7 nitrogen and oxygen atoms in total. The van der Waals surface area contributed by atoms with Crippen LogP contribution in [0.1, 0.15) is 27.7 Å². The Labute approximate surface area is 199 Å². The molecule has 32 heavy (non-hydrogen) atoms. The van der Waals surface area contributed by atoms with Crippen LogP contribution in [0.15, 0.2) is 30.3 Å². The molecule has 1 fully saturated rings. The third-order valence-electron chi connectivity index (χ3n) is 6.24. The third kappa shape index (κ3) is 3.96. The molecule has 2 atom stereocenters. The zero-order valence-electron chi connectivity index (χ0n) is 17.5. The van der Waals surface area contributed by atoms with Crippen molar-refractivity contribution in [3.8, 4) is 0 Å².